The van der Waals surface area contributed by atoms with Gasteiger partial charge >= 0.3 is 0 Å². The Balaban J connectivity index is 2.03. The van der Waals surface area contributed by atoms with Crippen molar-refractivity contribution in [2.45, 2.75) is 25.9 Å². The second-order valence-electron chi connectivity index (χ2n) is 5.27. The van der Waals surface area contributed by atoms with E-state index in [1.165, 1.54) is 0 Å². The minimum absolute atomic E-state index is 0.473. The van der Waals surface area contributed by atoms with Crippen molar-refractivity contribution >= 4 is 17.3 Å². The molecule has 0 bridgehead atoms. The summed E-state index contributed by atoms with van der Waals surface area (Å²) in [5.41, 5.74) is 1.94. The Morgan fingerprint density at radius 3 is 2.63 bits per heavy atom. The molecule has 0 unspecified atom stereocenters. The van der Waals surface area contributed by atoms with E-state index in [0.29, 0.717) is 5.92 Å². The molecule has 3 nitrogen and oxygen atoms in total. The van der Waals surface area contributed by atoms with Crippen LogP contribution in [0.5, 0.6) is 0 Å². The second kappa shape index (κ2) is 6.60. The van der Waals surface area contributed by atoms with Crippen molar-refractivity contribution in [1.82, 2.24) is 0 Å². The highest BCUT2D eigenvalue weighted by atomic mass is 35.5. The molecule has 4 heteroatoms. The summed E-state index contributed by atoms with van der Waals surface area (Å²) in [7, 11) is 1.76. The van der Waals surface area contributed by atoms with Gasteiger partial charge in [-0.15, -0.1) is 0 Å². The van der Waals surface area contributed by atoms with Crippen LogP contribution >= 0.6 is 11.6 Å². The van der Waals surface area contributed by atoms with E-state index in [-0.39, 0.29) is 0 Å². The molecule has 1 aliphatic heterocycles. The van der Waals surface area contributed by atoms with Gasteiger partial charge in [-0.2, -0.15) is 0 Å². The van der Waals surface area contributed by atoms with Crippen LogP contribution in [0.25, 0.3) is 0 Å². The van der Waals surface area contributed by atoms with E-state index in [9.17, 15) is 5.11 Å². The summed E-state index contributed by atoms with van der Waals surface area (Å²) in [5.74, 6) is 0.664. The molecule has 1 aromatic rings. The fourth-order valence-corrected chi connectivity index (χ4v) is 2.92. The SMILES string of the molecule is COCC1CCN(c2ccc([C@H](C)O)cc2Cl)CC1. The molecule has 0 spiro atoms. The Hall–Kier alpha value is -0.770. The molecule has 1 saturated heterocycles. The van der Waals surface area contributed by atoms with E-state index in [2.05, 4.69) is 4.90 Å². The van der Waals surface area contributed by atoms with E-state index in [0.717, 1.165) is 48.8 Å². The summed E-state index contributed by atoms with van der Waals surface area (Å²) in [6, 6.07) is 5.83. The summed E-state index contributed by atoms with van der Waals surface area (Å²) >= 11 is 6.33. The number of methoxy groups -OCH3 is 1. The molecule has 0 saturated carbocycles. The smallest absolute Gasteiger partial charge is 0.0762 e. The maximum Gasteiger partial charge on any atom is 0.0762 e. The zero-order valence-electron chi connectivity index (χ0n) is 11.6. The highest BCUT2D eigenvalue weighted by molar-refractivity contribution is 6.33. The molecular formula is C15H22ClNO2. The van der Waals surface area contributed by atoms with Crippen LogP contribution in [0.15, 0.2) is 18.2 Å². The lowest BCUT2D eigenvalue weighted by atomic mass is 9.97. The van der Waals surface area contributed by atoms with Crippen molar-refractivity contribution in [3.05, 3.63) is 28.8 Å². The van der Waals surface area contributed by atoms with Crippen molar-refractivity contribution < 1.29 is 9.84 Å². The Kier molecular flexibility index (Phi) is 5.08. The monoisotopic (exact) mass is 283 g/mol. The van der Waals surface area contributed by atoms with Gasteiger partial charge in [0.1, 0.15) is 0 Å². The Morgan fingerprint density at radius 1 is 1.42 bits per heavy atom. The van der Waals surface area contributed by atoms with Crippen molar-refractivity contribution in [1.29, 1.82) is 0 Å². The fourth-order valence-electron chi connectivity index (χ4n) is 2.62. The second-order valence-corrected chi connectivity index (χ2v) is 5.68. The lowest BCUT2D eigenvalue weighted by Crippen LogP contribution is -2.35. The average Bonchev–Trinajstić information content (AvgIpc) is 2.40. The third-order valence-electron chi connectivity index (χ3n) is 3.81. The van der Waals surface area contributed by atoms with Crippen LogP contribution in [0.3, 0.4) is 0 Å². The first-order chi connectivity index (χ1) is 9.11. The standard InChI is InChI=1S/C15H22ClNO2/c1-11(18)13-3-4-15(14(16)9-13)17-7-5-12(6-8-17)10-19-2/h3-4,9,11-12,18H,5-8,10H2,1-2H3/t11-/m0/s1. The lowest BCUT2D eigenvalue weighted by molar-refractivity contribution is 0.139. The highest BCUT2D eigenvalue weighted by Gasteiger charge is 2.21. The minimum Gasteiger partial charge on any atom is -0.389 e. The van der Waals surface area contributed by atoms with Gasteiger partial charge in [0, 0.05) is 26.8 Å². The number of hydrogen-bond acceptors (Lipinski definition) is 3. The van der Waals surface area contributed by atoms with Gasteiger partial charge in [-0.3, -0.25) is 0 Å². The van der Waals surface area contributed by atoms with Crippen LogP contribution < -0.4 is 4.90 Å². The average molecular weight is 284 g/mol. The Bertz CT molecular complexity index is 415. The van der Waals surface area contributed by atoms with Crippen LogP contribution in [0, 0.1) is 5.92 Å². The third-order valence-corrected chi connectivity index (χ3v) is 4.11. The van der Waals surface area contributed by atoms with Gasteiger partial charge in [-0.25, -0.2) is 0 Å². The number of aliphatic hydroxyl groups excluding tert-OH is 1. The van der Waals surface area contributed by atoms with Crippen molar-refractivity contribution in [2.75, 3.05) is 31.7 Å². The minimum atomic E-state index is -0.473. The molecule has 2 rings (SSSR count). The largest absolute Gasteiger partial charge is 0.389 e. The Labute approximate surface area is 120 Å². The number of hydrogen-bond donors (Lipinski definition) is 1. The van der Waals surface area contributed by atoms with E-state index in [1.54, 1.807) is 14.0 Å². The van der Waals surface area contributed by atoms with Crippen LogP contribution in [-0.2, 0) is 4.74 Å². The molecule has 1 heterocycles. The van der Waals surface area contributed by atoms with Gasteiger partial charge in [0.05, 0.1) is 16.8 Å². The first-order valence-corrected chi connectivity index (χ1v) is 7.21. The highest BCUT2D eigenvalue weighted by Crippen LogP contribution is 2.31. The lowest BCUT2D eigenvalue weighted by Gasteiger charge is -2.34. The quantitative estimate of drug-likeness (QED) is 0.921. The molecular weight excluding hydrogens is 262 g/mol. The van der Waals surface area contributed by atoms with Crippen LogP contribution in [0.4, 0.5) is 5.69 Å². The molecule has 1 fully saturated rings. The van der Waals surface area contributed by atoms with Gasteiger partial charge in [-0.1, -0.05) is 17.7 Å². The number of benzene rings is 1. The zero-order chi connectivity index (χ0) is 13.8. The molecule has 0 aromatic heterocycles. The summed E-state index contributed by atoms with van der Waals surface area (Å²) in [6.07, 6.45) is 1.81. The van der Waals surface area contributed by atoms with E-state index < -0.39 is 6.10 Å². The summed E-state index contributed by atoms with van der Waals surface area (Å²) in [6.45, 7) is 4.63. The molecule has 0 aliphatic carbocycles. The van der Waals surface area contributed by atoms with E-state index in [4.69, 9.17) is 16.3 Å². The number of nitrogens with zero attached hydrogens (tertiary/aromatic N) is 1. The topological polar surface area (TPSA) is 32.7 Å². The van der Waals surface area contributed by atoms with Crippen molar-refractivity contribution in [3.8, 4) is 0 Å². The fraction of sp³-hybridized carbons (Fsp3) is 0.600. The molecule has 19 heavy (non-hydrogen) atoms. The van der Waals surface area contributed by atoms with Gasteiger partial charge in [-0.05, 0) is 43.4 Å². The number of piperidine rings is 1. The van der Waals surface area contributed by atoms with E-state index in [1.807, 2.05) is 18.2 Å². The number of halogens is 1. The normalized spacial score (nSPS) is 18.6. The molecule has 106 valence electrons. The van der Waals surface area contributed by atoms with Crippen LogP contribution in [-0.4, -0.2) is 31.9 Å². The van der Waals surface area contributed by atoms with E-state index >= 15 is 0 Å². The predicted octanol–water partition coefficient (Wildman–Crippen LogP) is 3.26. The third kappa shape index (κ3) is 3.62. The summed E-state index contributed by atoms with van der Waals surface area (Å²) in [4.78, 5) is 2.32. The molecule has 0 radical (unpaired) electrons. The molecule has 1 aliphatic rings. The van der Waals surface area contributed by atoms with Crippen LogP contribution in [0.2, 0.25) is 5.02 Å². The first kappa shape index (κ1) is 14.6. The molecule has 1 N–H and O–H groups in total. The molecule has 1 aromatic carbocycles. The zero-order valence-corrected chi connectivity index (χ0v) is 12.4. The predicted molar refractivity (Wildman–Crippen MR) is 78.9 cm³/mol. The Morgan fingerprint density at radius 2 is 2.11 bits per heavy atom. The maximum atomic E-state index is 9.56. The number of aliphatic hydroxyl groups is 1. The summed E-state index contributed by atoms with van der Waals surface area (Å²) < 4.78 is 5.22. The number of anilines is 1. The van der Waals surface area contributed by atoms with Crippen molar-refractivity contribution in [3.63, 3.8) is 0 Å². The van der Waals surface area contributed by atoms with Gasteiger partial charge < -0.3 is 14.7 Å². The van der Waals surface area contributed by atoms with Gasteiger partial charge in [0.15, 0.2) is 0 Å². The number of ether oxygens (including phenoxy) is 1. The van der Waals surface area contributed by atoms with Gasteiger partial charge in [0.25, 0.3) is 0 Å². The maximum absolute atomic E-state index is 9.56. The van der Waals surface area contributed by atoms with Crippen LogP contribution in [0.1, 0.15) is 31.4 Å². The molecule has 1 atom stereocenters. The summed E-state index contributed by atoms with van der Waals surface area (Å²) in [5, 5.41) is 10.3. The number of rotatable bonds is 4. The van der Waals surface area contributed by atoms with Gasteiger partial charge in [0.2, 0.25) is 0 Å². The first-order valence-electron chi connectivity index (χ1n) is 6.83. The molecule has 0 amide bonds. The van der Waals surface area contributed by atoms with Crippen molar-refractivity contribution in [2.24, 2.45) is 5.92 Å².